The molecule has 112 valence electrons. The van der Waals surface area contributed by atoms with Gasteiger partial charge in [-0.25, -0.2) is 0 Å². The predicted molar refractivity (Wildman–Crippen MR) is 88.7 cm³/mol. The number of hydrogen-bond donors (Lipinski definition) is 1. The van der Waals surface area contributed by atoms with Gasteiger partial charge in [0, 0.05) is 19.1 Å². The molecule has 1 fully saturated rings. The quantitative estimate of drug-likeness (QED) is 0.892. The number of benzene rings is 1. The Balaban J connectivity index is 2.22. The van der Waals surface area contributed by atoms with Gasteiger partial charge >= 0.3 is 0 Å². The zero-order valence-corrected chi connectivity index (χ0v) is 13.3. The summed E-state index contributed by atoms with van der Waals surface area (Å²) in [5.74, 6) is 0. The first-order valence-electron chi connectivity index (χ1n) is 8.00. The molecule has 0 spiro atoms. The highest BCUT2D eigenvalue weighted by molar-refractivity contribution is 6.33. The van der Waals surface area contributed by atoms with Crippen LogP contribution in [0.1, 0.15) is 51.0 Å². The summed E-state index contributed by atoms with van der Waals surface area (Å²) in [6, 6.07) is 6.47. The Morgan fingerprint density at radius 3 is 2.45 bits per heavy atom. The van der Waals surface area contributed by atoms with E-state index in [0.717, 1.165) is 31.0 Å². The molecule has 1 unspecified atom stereocenters. The fourth-order valence-corrected chi connectivity index (χ4v) is 3.29. The average Bonchev–Trinajstić information content (AvgIpc) is 2.40. The van der Waals surface area contributed by atoms with Crippen molar-refractivity contribution in [1.82, 2.24) is 0 Å². The van der Waals surface area contributed by atoms with Crippen LogP contribution < -0.4 is 10.6 Å². The summed E-state index contributed by atoms with van der Waals surface area (Å²) in [6.45, 7) is 4.39. The fourth-order valence-electron chi connectivity index (χ4n) is 2.98. The van der Waals surface area contributed by atoms with Crippen LogP contribution in [0, 0.1) is 0 Å². The topological polar surface area (TPSA) is 29.3 Å². The van der Waals surface area contributed by atoms with Crippen molar-refractivity contribution in [2.24, 2.45) is 5.73 Å². The Hall–Kier alpha value is -0.730. The Bertz CT molecular complexity index is 411. The molecule has 0 aromatic heterocycles. The van der Waals surface area contributed by atoms with Crippen LogP contribution in [-0.2, 0) is 6.42 Å². The molecule has 1 aromatic carbocycles. The molecule has 2 N–H and O–H groups in total. The largest absolute Gasteiger partial charge is 0.370 e. The van der Waals surface area contributed by atoms with Crippen molar-refractivity contribution in [3.8, 4) is 0 Å². The summed E-state index contributed by atoms with van der Waals surface area (Å²) >= 11 is 6.50. The lowest BCUT2D eigenvalue weighted by atomic mass is 10.0. The van der Waals surface area contributed by atoms with E-state index >= 15 is 0 Å². The number of rotatable bonds is 4. The van der Waals surface area contributed by atoms with Crippen LogP contribution in [-0.4, -0.2) is 19.1 Å². The lowest BCUT2D eigenvalue weighted by Crippen LogP contribution is -2.30. The number of nitrogens with zero attached hydrogens (tertiary/aromatic N) is 1. The van der Waals surface area contributed by atoms with Gasteiger partial charge in [-0.05, 0) is 37.3 Å². The molecule has 2 nitrogen and oxygen atoms in total. The van der Waals surface area contributed by atoms with Gasteiger partial charge in [0.2, 0.25) is 0 Å². The maximum Gasteiger partial charge on any atom is 0.0642 e. The van der Waals surface area contributed by atoms with E-state index in [-0.39, 0.29) is 6.04 Å². The fraction of sp³-hybridized carbons (Fsp3) is 0.647. The summed E-state index contributed by atoms with van der Waals surface area (Å²) in [4.78, 5) is 2.49. The molecule has 0 aliphatic carbocycles. The molecule has 1 heterocycles. The highest BCUT2D eigenvalue weighted by Crippen LogP contribution is 2.32. The molecule has 0 radical (unpaired) electrons. The van der Waals surface area contributed by atoms with Gasteiger partial charge in [0.1, 0.15) is 0 Å². The number of nitrogens with two attached hydrogens (primary N) is 1. The molecule has 1 saturated heterocycles. The number of anilines is 1. The second-order valence-corrected chi connectivity index (χ2v) is 6.28. The van der Waals surface area contributed by atoms with Crippen molar-refractivity contribution in [2.75, 3.05) is 18.0 Å². The highest BCUT2D eigenvalue weighted by atomic mass is 35.5. The minimum Gasteiger partial charge on any atom is -0.370 e. The van der Waals surface area contributed by atoms with Gasteiger partial charge in [0.05, 0.1) is 10.7 Å². The zero-order chi connectivity index (χ0) is 14.4. The van der Waals surface area contributed by atoms with Crippen LogP contribution >= 0.6 is 11.6 Å². The van der Waals surface area contributed by atoms with E-state index in [1.54, 1.807) is 0 Å². The van der Waals surface area contributed by atoms with Crippen LogP contribution in [0.3, 0.4) is 0 Å². The smallest absolute Gasteiger partial charge is 0.0642 e. The van der Waals surface area contributed by atoms with Gasteiger partial charge in [-0.15, -0.1) is 0 Å². The van der Waals surface area contributed by atoms with Gasteiger partial charge in [-0.2, -0.15) is 0 Å². The maximum atomic E-state index is 6.50. The normalized spacial score (nSPS) is 18.4. The summed E-state index contributed by atoms with van der Waals surface area (Å²) < 4.78 is 0. The Morgan fingerprint density at radius 2 is 1.80 bits per heavy atom. The van der Waals surface area contributed by atoms with Crippen LogP contribution in [0.15, 0.2) is 18.2 Å². The van der Waals surface area contributed by atoms with E-state index in [4.69, 9.17) is 17.3 Å². The second kappa shape index (κ2) is 7.90. The van der Waals surface area contributed by atoms with Crippen molar-refractivity contribution >= 4 is 17.3 Å². The van der Waals surface area contributed by atoms with Crippen molar-refractivity contribution in [3.63, 3.8) is 0 Å². The van der Waals surface area contributed by atoms with Gasteiger partial charge in [-0.1, -0.05) is 49.9 Å². The second-order valence-electron chi connectivity index (χ2n) is 5.87. The Labute approximate surface area is 128 Å². The first-order chi connectivity index (χ1) is 9.72. The van der Waals surface area contributed by atoms with Crippen LogP contribution in [0.4, 0.5) is 5.69 Å². The van der Waals surface area contributed by atoms with Crippen molar-refractivity contribution < 1.29 is 0 Å². The van der Waals surface area contributed by atoms with E-state index in [0.29, 0.717) is 0 Å². The molecule has 0 bridgehead atoms. The lowest BCUT2D eigenvalue weighted by molar-refractivity contribution is 0.554. The van der Waals surface area contributed by atoms with Crippen LogP contribution in [0.5, 0.6) is 0 Å². The summed E-state index contributed by atoms with van der Waals surface area (Å²) in [6.07, 6.45) is 8.52. The Morgan fingerprint density at radius 1 is 1.15 bits per heavy atom. The molecular formula is C17H27ClN2. The van der Waals surface area contributed by atoms with E-state index in [1.807, 2.05) is 12.1 Å². The minimum atomic E-state index is 0.224. The molecule has 3 heteroatoms. The summed E-state index contributed by atoms with van der Waals surface area (Å²) in [5.41, 5.74) is 8.70. The molecule has 20 heavy (non-hydrogen) atoms. The van der Waals surface area contributed by atoms with Gasteiger partial charge in [0.15, 0.2) is 0 Å². The monoisotopic (exact) mass is 294 g/mol. The van der Waals surface area contributed by atoms with Crippen molar-refractivity contribution in [2.45, 2.75) is 57.9 Å². The third-order valence-corrected chi connectivity index (χ3v) is 4.55. The van der Waals surface area contributed by atoms with E-state index in [1.165, 1.54) is 43.4 Å². The molecule has 1 aromatic rings. The molecule has 1 atom stereocenters. The van der Waals surface area contributed by atoms with Gasteiger partial charge in [-0.3, -0.25) is 0 Å². The molecule has 0 amide bonds. The summed E-state index contributed by atoms with van der Waals surface area (Å²) in [5, 5.41) is 0.881. The molecule has 1 aliphatic rings. The molecule has 0 saturated carbocycles. The third kappa shape index (κ3) is 4.13. The SMILES string of the molecule is CCC(N)Cc1cccc(Cl)c1N1CCCCCCC1. The van der Waals surface area contributed by atoms with Gasteiger partial charge < -0.3 is 10.6 Å². The molecular weight excluding hydrogens is 268 g/mol. The van der Waals surface area contributed by atoms with Crippen LogP contribution in [0.2, 0.25) is 5.02 Å². The van der Waals surface area contributed by atoms with Crippen molar-refractivity contribution in [3.05, 3.63) is 28.8 Å². The average molecular weight is 295 g/mol. The van der Waals surface area contributed by atoms with Crippen molar-refractivity contribution in [1.29, 1.82) is 0 Å². The minimum absolute atomic E-state index is 0.224. The molecule has 1 aliphatic heterocycles. The lowest BCUT2D eigenvalue weighted by Gasteiger charge is -2.30. The van der Waals surface area contributed by atoms with E-state index in [2.05, 4.69) is 17.9 Å². The number of halogens is 1. The first-order valence-corrected chi connectivity index (χ1v) is 8.38. The van der Waals surface area contributed by atoms with E-state index < -0.39 is 0 Å². The predicted octanol–water partition coefficient (Wildman–Crippen LogP) is 4.39. The first kappa shape index (κ1) is 15.7. The standard InChI is InChI=1S/C17H27ClN2/c1-2-15(19)13-14-9-8-10-16(18)17(14)20-11-6-4-3-5-7-12-20/h8-10,15H,2-7,11-13,19H2,1H3. The Kier molecular flexibility index (Phi) is 6.18. The van der Waals surface area contributed by atoms with Gasteiger partial charge in [0.25, 0.3) is 0 Å². The summed E-state index contributed by atoms with van der Waals surface area (Å²) in [7, 11) is 0. The molecule has 2 rings (SSSR count). The van der Waals surface area contributed by atoms with Crippen LogP contribution in [0.25, 0.3) is 0 Å². The number of para-hydroxylation sites is 1. The number of hydrogen-bond acceptors (Lipinski definition) is 2. The third-order valence-electron chi connectivity index (χ3n) is 4.25. The van der Waals surface area contributed by atoms with E-state index in [9.17, 15) is 0 Å². The highest BCUT2D eigenvalue weighted by Gasteiger charge is 2.17. The maximum absolute atomic E-state index is 6.50. The zero-order valence-electron chi connectivity index (χ0n) is 12.6.